The summed E-state index contributed by atoms with van der Waals surface area (Å²) < 4.78 is 117. The number of hydrogen-bond donors (Lipinski definition) is 5. The van der Waals surface area contributed by atoms with Gasteiger partial charge in [-0.1, -0.05) is 129 Å². The predicted octanol–water partition coefficient (Wildman–Crippen LogP) is 22.1. The molecule has 134 heavy (non-hydrogen) atoms. The first-order valence-electron chi connectivity index (χ1n) is 40.9. The molecule has 13 rings (SSSR count). The number of esters is 6. The zero-order valence-electron chi connectivity index (χ0n) is 72.0. The fourth-order valence-corrected chi connectivity index (χ4v) is 17.1. The van der Waals surface area contributed by atoms with Crippen LogP contribution >= 0.6 is 57.3 Å². The molecule has 686 valence electrons. The highest BCUT2D eigenvalue weighted by atomic mass is 32.9. The molecule has 0 fully saturated rings. The number of carbonyl (C=O) groups is 6. The SMILES string of the molecule is CCC(C)CC(=O)Oc1ccc(N=Nc2ccc(S(=O)(=O)Nc3ccccn3)cc2)cc1C(=O)Oc1ccc(-c2cc(=S)ss2)cc1.CCC(C)CC(=O)Oc1ccc(N=Nc2ccc(S(=O)(=O)Nc3ccccn3)cc2)cc1C(=O)Oc1ccc(C(N)=S)cc1.CCCCC(=O)Oc1ccc(N=Nc2ccc(S(=O)(=O)Nc3ccccn3)cc2)cc1C(=O)Oc1ccc(C(N)=S)cc1. The van der Waals surface area contributed by atoms with Crippen LogP contribution in [0.1, 0.15) is 122 Å². The van der Waals surface area contributed by atoms with E-state index in [9.17, 15) is 54.0 Å². The Kier molecular flexibility index (Phi) is 35.8. The Morgan fingerprint density at radius 2 is 0.687 bits per heavy atom. The summed E-state index contributed by atoms with van der Waals surface area (Å²) in [5, 5.41) is 25.0. The number of thiocarbonyl (C=S) groups is 2. The minimum atomic E-state index is -3.86. The van der Waals surface area contributed by atoms with Gasteiger partial charge in [-0.15, -0.1) is 0 Å². The second kappa shape index (κ2) is 48.0. The van der Waals surface area contributed by atoms with Crippen molar-refractivity contribution in [3.8, 4) is 44.9 Å². The van der Waals surface area contributed by atoms with Crippen molar-refractivity contribution in [1.82, 2.24) is 15.0 Å². The first-order valence-corrected chi connectivity index (χ1v) is 48.7. The summed E-state index contributed by atoms with van der Waals surface area (Å²) in [4.78, 5) is 90.5. The number of nitrogens with two attached hydrogens (primary N) is 2. The van der Waals surface area contributed by atoms with Crippen molar-refractivity contribution in [2.45, 2.75) is 94.3 Å². The Morgan fingerprint density at radius 1 is 0.381 bits per heavy atom. The summed E-state index contributed by atoms with van der Waals surface area (Å²) >= 11 is 15.1. The molecular weight excluding hydrogens is 1870 g/mol. The topological polar surface area (TPSA) is 461 Å². The predicted molar refractivity (Wildman–Crippen MR) is 519 cm³/mol. The number of ether oxygens (including phenoxy) is 6. The molecule has 2 unspecified atom stereocenters. The molecule has 4 aromatic heterocycles. The molecular formula is C94H84N14O18S8. The van der Waals surface area contributed by atoms with Crippen LogP contribution in [-0.2, 0) is 44.5 Å². The van der Waals surface area contributed by atoms with Crippen molar-refractivity contribution in [3.63, 3.8) is 0 Å². The quantitative estimate of drug-likeness (QED) is 0.00800. The largest absolute Gasteiger partial charge is 0.426 e. The van der Waals surface area contributed by atoms with Crippen molar-refractivity contribution < 1.29 is 82.4 Å². The summed E-state index contributed by atoms with van der Waals surface area (Å²) in [7, 11) is -8.49. The summed E-state index contributed by atoms with van der Waals surface area (Å²) in [6.07, 6.45) is 8.03. The van der Waals surface area contributed by atoms with E-state index in [-0.39, 0.29) is 136 Å². The number of rotatable bonds is 36. The highest BCUT2D eigenvalue weighted by molar-refractivity contribution is 7.93. The fraction of sp³-hybridized carbons (Fsp3) is 0.149. The van der Waals surface area contributed by atoms with Crippen LogP contribution in [-0.4, -0.2) is 86.0 Å². The number of anilines is 3. The van der Waals surface area contributed by atoms with Gasteiger partial charge in [0.05, 0.1) is 48.8 Å². The number of unbranched alkanes of at least 4 members (excludes halogenated alkanes) is 1. The molecule has 9 aromatic carbocycles. The molecule has 0 saturated heterocycles. The highest BCUT2D eigenvalue weighted by Gasteiger charge is 2.26. The van der Waals surface area contributed by atoms with E-state index in [4.69, 9.17) is 76.5 Å². The monoisotopic (exact) mass is 1950 g/mol. The molecule has 13 aromatic rings. The number of azo groups is 3. The van der Waals surface area contributed by atoms with Gasteiger partial charge in [-0.2, -0.15) is 30.7 Å². The lowest BCUT2D eigenvalue weighted by Crippen LogP contribution is -2.16. The van der Waals surface area contributed by atoms with Gasteiger partial charge in [-0.25, -0.2) is 54.6 Å². The van der Waals surface area contributed by atoms with E-state index in [1.54, 1.807) is 120 Å². The van der Waals surface area contributed by atoms with Gasteiger partial charge in [0, 0.05) is 53.9 Å². The van der Waals surface area contributed by atoms with Crippen LogP contribution in [0.2, 0.25) is 0 Å². The van der Waals surface area contributed by atoms with E-state index >= 15 is 0 Å². The molecule has 0 aliphatic carbocycles. The number of pyridine rings is 3. The highest BCUT2D eigenvalue weighted by Crippen LogP contribution is 2.36. The van der Waals surface area contributed by atoms with Gasteiger partial charge in [0.25, 0.3) is 30.1 Å². The lowest BCUT2D eigenvalue weighted by molar-refractivity contribution is -0.136. The van der Waals surface area contributed by atoms with Crippen LogP contribution in [0.15, 0.2) is 325 Å². The first-order chi connectivity index (χ1) is 64.3. The molecule has 0 amide bonds. The first kappa shape index (κ1) is 99.9. The Hall–Kier alpha value is -14.7. The normalized spacial score (nSPS) is 11.7. The maximum Gasteiger partial charge on any atom is 0.347 e. The van der Waals surface area contributed by atoms with Crippen LogP contribution in [0.25, 0.3) is 10.4 Å². The van der Waals surface area contributed by atoms with Crippen LogP contribution < -0.4 is 54.1 Å². The fourth-order valence-electron chi connectivity index (χ4n) is 11.4. The summed E-state index contributed by atoms with van der Waals surface area (Å²) in [5.41, 5.74) is 15.2. The molecule has 0 radical (unpaired) electrons. The average molecular weight is 1950 g/mol. The number of aromatic nitrogens is 3. The summed E-state index contributed by atoms with van der Waals surface area (Å²) in [6.45, 7) is 9.76. The van der Waals surface area contributed by atoms with Crippen LogP contribution in [0.4, 0.5) is 51.6 Å². The Bertz CT molecular complexity index is 6900. The third-order valence-electron chi connectivity index (χ3n) is 18.9. The third kappa shape index (κ3) is 30.2. The van der Waals surface area contributed by atoms with Gasteiger partial charge < -0.3 is 39.9 Å². The van der Waals surface area contributed by atoms with Gasteiger partial charge in [0.1, 0.15) is 82.4 Å². The van der Waals surface area contributed by atoms with E-state index in [1.165, 1.54) is 162 Å². The number of hydrogen-bond acceptors (Lipinski definition) is 32. The van der Waals surface area contributed by atoms with Crippen molar-refractivity contribution in [3.05, 3.63) is 311 Å². The maximum absolute atomic E-state index is 13.4. The van der Waals surface area contributed by atoms with E-state index in [1.807, 2.05) is 52.8 Å². The van der Waals surface area contributed by atoms with Crippen LogP contribution in [0, 0.1) is 15.7 Å². The summed E-state index contributed by atoms with van der Waals surface area (Å²) in [5.74, 6) is -2.16. The molecule has 0 spiro atoms. The summed E-state index contributed by atoms with van der Waals surface area (Å²) in [6, 6.07) is 66.5. The van der Waals surface area contributed by atoms with Crippen LogP contribution in [0.5, 0.6) is 34.5 Å². The number of nitrogens with one attached hydrogen (secondary N) is 3. The lowest BCUT2D eigenvalue weighted by atomic mass is 10.1. The minimum absolute atomic E-state index is 0.0111. The second-order valence-electron chi connectivity index (χ2n) is 29.0. The van der Waals surface area contributed by atoms with Crippen molar-refractivity contribution in [1.29, 1.82) is 0 Å². The zero-order chi connectivity index (χ0) is 95.9. The minimum Gasteiger partial charge on any atom is -0.426 e. The van der Waals surface area contributed by atoms with Gasteiger partial charge in [0.15, 0.2) is 0 Å². The Labute approximate surface area is 794 Å². The van der Waals surface area contributed by atoms with Gasteiger partial charge in [-0.3, -0.25) is 28.5 Å². The molecule has 4 heterocycles. The molecule has 0 saturated carbocycles. The average Bonchev–Trinajstić information content (AvgIpc) is 1.28. The number of carbonyl (C=O) groups excluding carboxylic acids is 6. The Morgan fingerprint density at radius 3 is 0.970 bits per heavy atom. The van der Waals surface area contributed by atoms with E-state index < -0.39 is 65.9 Å². The van der Waals surface area contributed by atoms with E-state index in [0.717, 1.165) is 33.5 Å². The molecule has 0 aliphatic heterocycles. The molecule has 0 bridgehead atoms. The molecule has 0 aliphatic rings. The molecule has 40 heteroatoms. The van der Waals surface area contributed by atoms with Crippen molar-refractivity contribution in [2.75, 3.05) is 14.2 Å². The van der Waals surface area contributed by atoms with E-state index in [0.29, 0.717) is 40.4 Å². The van der Waals surface area contributed by atoms with Gasteiger partial charge >= 0.3 is 35.8 Å². The van der Waals surface area contributed by atoms with Crippen molar-refractivity contribution >= 4 is 185 Å². The Balaban J connectivity index is 0.000000194. The molecule has 7 N–H and O–H groups in total. The second-order valence-corrected chi connectivity index (χ2v) is 37.8. The molecule has 32 nitrogen and oxygen atoms in total. The van der Waals surface area contributed by atoms with Gasteiger partial charge in [0.2, 0.25) is 0 Å². The standard InChI is InChI=1S/C33H28N4O6S4.C31H29N5O6S2.C30H27N5O6S2/c1-3-21(2)18-31(38)43-28-16-11-24(19-27(28)33(39)42-25-12-7-22(8-13-25)29-20-32(44)46-45-29)36-35-23-9-14-26(15-10-23)47(40,41)37-30-6-4-5-17-34-30;1-3-20(2)18-29(37)42-27-16-11-23(19-26(27)31(38)41-24-12-7-21(8-13-24)30(32)43)35-34-22-9-14-25(15-10-22)44(39,40)36-28-6-4-5-17-33-28;1-2-3-7-28(36)41-26-17-12-22(19-25(26)30(37)40-23-13-8-20(9-14-23)29(31)42)34-33-21-10-15-24(16-11-21)43(38,39)35-27-6-4-5-18-32-27/h4-17,19-21H,3,18H2,1-2H3,(H,34,37);4-17,19-20H,3,18H2,1-2H3,(H2,32,43)(H,33,36);4-6,8-19H,2-3,7H2,1H3,(H2,31,42)(H,32,35). The number of sulfonamides is 3. The van der Waals surface area contributed by atoms with Crippen molar-refractivity contribution in [2.24, 2.45) is 54.0 Å². The third-order valence-corrected chi connectivity index (χ3v) is 26.4. The lowest BCUT2D eigenvalue weighted by Gasteiger charge is -2.12. The van der Waals surface area contributed by atoms with E-state index in [2.05, 4.69) is 59.8 Å². The maximum atomic E-state index is 13.4. The number of nitrogens with zero attached hydrogens (tertiary/aromatic N) is 9. The zero-order valence-corrected chi connectivity index (χ0v) is 78.5. The smallest absolute Gasteiger partial charge is 0.347 e. The van der Waals surface area contributed by atoms with Crippen LogP contribution in [0.3, 0.4) is 0 Å². The van der Waals surface area contributed by atoms with Gasteiger partial charge in [-0.05, 0) is 266 Å². The number of benzene rings is 9. The molecule has 2 atom stereocenters.